The van der Waals surface area contributed by atoms with E-state index in [0.29, 0.717) is 6.42 Å². The number of Topliss-reactive ketones (excluding diaryl/α,β-unsaturated/α-hetero) is 1. The Balaban J connectivity index is 2.39. The first-order valence-corrected chi connectivity index (χ1v) is 7.74. The number of carbonyl (C=O) groups is 2. The SMILES string of the molecule is CC(C)C(C)(C)C(=O)[C@@H](N)CCC(=O)OCc1ccccc1. The Morgan fingerprint density at radius 2 is 1.77 bits per heavy atom. The average molecular weight is 305 g/mol. The van der Waals surface area contributed by atoms with Gasteiger partial charge in [-0.1, -0.05) is 58.0 Å². The molecule has 0 radical (unpaired) electrons. The lowest BCUT2D eigenvalue weighted by atomic mass is 9.74. The van der Waals surface area contributed by atoms with Gasteiger partial charge in [0.15, 0.2) is 5.78 Å². The van der Waals surface area contributed by atoms with Crippen LogP contribution in [0.5, 0.6) is 0 Å². The molecule has 1 aromatic carbocycles. The van der Waals surface area contributed by atoms with Crippen LogP contribution in [0.4, 0.5) is 0 Å². The molecule has 0 saturated heterocycles. The van der Waals surface area contributed by atoms with Crippen LogP contribution in [-0.4, -0.2) is 17.8 Å². The number of nitrogens with two attached hydrogens (primary N) is 1. The molecule has 0 fully saturated rings. The number of hydrogen-bond donors (Lipinski definition) is 1. The van der Waals surface area contributed by atoms with Crippen molar-refractivity contribution in [2.75, 3.05) is 0 Å². The molecular weight excluding hydrogens is 278 g/mol. The molecule has 4 heteroatoms. The minimum absolute atomic E-state index is 0.00152. The van der Waals surface area contributed by atoms with Gasteiger partial charge in [0.25, 0.3) is 0 Å². The predicted octanol–water partition coefficient (Wildman–Crippen LogP) is 3.09. The predicted molar refractivity (Wildman–Crippen MR) is 87.1 cm³/mol. The molecule has 0 unspecified atom stereocenters. The summed E-state index contributed by atoms with van der Waals surface area (Å²) in [5.41, 5.74) is 6.40. The first-order chi connectivity index (χ1) is 10.2. The highest BCUT2D eigenvalue weighted by Crippen LogP contribution is 2.28. The van der Waals surface area contributed by atoms with Crippen LogP contribution in [-0.2, 0) is 20.9 Å². The lowest BCUT2D eigenvalue weighted by Crippen LogP contribution is -2.43. The number of esters is 1. The molecule has 1 aromatic rings. The summed E-state index contributed by atoms with van der Waals surface area (Å²) in [7, 11) is 0. The standard InChI is InChI=1S/C18H27NO3/c1-13(2)18(3,4)17(21)15(19)10-11-16(20)22-12-14-8-6-5-7-9-14/h5-9,13,15H,10-12,19H2,1-4H3/t15-/m0/s1. The van der Waals surface area contributed by atoms with Crippen LogP contribution in [0, 0.1) is 11.3 Å². The van der Waals surface area contributed by atoms with Crippen LogP contribution < -0.4 is 5.73 Å². The minimum atomic E-state index is -0.623. The van der Waals surface area contributed by atoms with E-state index in [0.717, 1.165) is 5.56 Å². The first-order valence-electron chi connectivity index (χ1n) is 7.74. The maximum Gasteiger partial charge on any atom is 0.306 e. The minimum Gasteiger partial charge on any atom is -0.461 e. The monoisotopic (exact) mass is 305 g/mol. The van der Waals surface area contributed by atoms with Crippen molar-refractivity contribution in [3.63, 3.8) is 0 Å². The molecule has 0 heterocycles. The van der Waals surface area contributed by atoms with Gasteiger partial charge in [0.1, 0.15) is 6.61 Å². The molecule has 2 N–H and O–H groups in total. The quantitative estimate of drug-likeness (QED) is 0.749. The molecule has 0 aliphatic carbocycles. The molecule has 0 bridgehead atoms. The molecule has 0 amide bonds. The van der Waals surface area contributed by atoms with Gasteiger partial charge in [0.2, 0.25) is 0 Å². The molecule has 0 spiro atoms. The van der Waals surface area contributed by atoms with Gasteiger partial charge in [-0.2, -0.15) is 0 Å². The van der Waals surface area contributed by atoms with E-state index < -0.39 is 11.5 Å². The number of hydrogen-bond acceptors (Lipinski definition) is 4. The Labute approximate surface area is 133 Å². The van der Waals surface area contributed by atoms with Crippen molar-refractivity contribution >= 4 is 11.8 Å². The van der Waals surface area contributed by atoms with Gasteiger partial charge >= 0.3 is 5.97 Å². The summed E-state index contributed by atoms with van der Waals surface area (Å²) in [6.45, 7) is 8.04. The van der Waals surface area contributed by atoms with Crippen LogP contribution in [0.25, 0.3) is 0 Å². The summed E-state index contributed by atoms with van der Waals surface area (Å²) in [4.78, 5) is 24.1. The highest BCUT2D eigenvalue weighted by atomic mass is 16.5. The molecule has 0 aromatic heterocycles. The molecule has 22 heavy (non-hydrogen) atoms. The number of ketones is 1. The second kappa shape index (κ2) is 8.08. The number of benzene rings is 1. The van der Waals surface area contributed by atoms with Crippen molar-refractivity contribution in [1.29, 1.82) is 0 Å². The summed E-state index contributed by atoms with van der Waals surface area (Å²) in [5, 5.41) is 0. The zero-order valence-corrected chi connectivity index (χ0v) is 14.0. The molecule has 4 nitrogen and oxygen atoms in total. The van der Waals surface area contributed by atoms with Crippen LogP contribution in [0.1, 0.15) is 46.1 Å². The molecule has 0 saturated carbocycles. The third kappa shape index (κ3) is 5.26. The zero-order valence-electron chi connectivity index (χ0n) is 14.0. The van der Waals surface area contributed by atoms with Gasteiger partial charge in [-0.15, -0.1) is 0 Å². The van der Waals surface area contributed by atoms with E-state index in [2.05, 4.69) is 0 Å². The molecule has 122 valence electrons. The Hall–Kier alpha value is -1.68. The van der Waals surface area contributed by atoms with Crippen molar-refractivity contribution in [2.45, 2.75) is 53.2 Å². The summed E-state index contributed by atoms with van der Waals surface area (Å²) in [6.07, 6.45) is 0.483. The van der Waals surface area contributed by atoms with E-state index in [-0.39, 0.29) is 30.7 Å². The van der Waals surface area contributed by atoms with E-state index >= 15 is 0 Å². The number of ether oxygens (including phenoxy) is 1. The van der Waals surface area contributed by atoms with Crippen molar-refractivity contribution in [3.05, 3.63) is 35.9 Å². The van der Waals surface area contributed by atoms with E-state index in [9.17, 15) is 9.59 Å². The van der Waals surface area contributed by atoms with Gasteiger partial charge in [-0.25, -0.2) is 0 Å². The van der Waals surface area contributed by atoms with E-state index in [1.165, 1.54) is 0 Å². The third-order valence-electron chi connectivity index (χ3n) is 4.32. The average Bonchev–Trinajstić information content (AvgIpc) is 2.50. The van der Waals surface area contributed by atoms with Gasteiger partial charge in [-0.3, -0.25) is 9.59 Å². The summed E-state index contributed by atoms with van der Waals surface area (Å²) in [6, 6.07) is 8.87. The van der Waals surface area contributed by atoms with Crippen LogP contribution in [0.3, 0.4) is 0 Å². The Kier molecular flexibility index (Phi) is 6.75. The van der Waals surface area contributed by atoms with Gasteiger partial charge in [-0.05, 0) is 17.9 Å². The smallest absolute Gasteiger partial charge is 0.306 e. The largest absolute Gasteiger partial charge is 0.461 e. The summed E-state index contributed by atoms with van der Waals surface area (Å²) in [5.74, 6) is -0.121. The van der Waals surface area contributed by atoms with Crippen molar-refractivity contribution < 1.29 is 14.3 Å². The molecular formula is C18H27NO3. The Morgan fingerprint density at radius 1 is 1.18 bits per heavy atom. The van der Waals surface area contributed by atoms with Gasteiger partial charge in [0, 0.05) is 11.8 Å². The van der Waals surface area contributed by atoms with Crippen molar-refractivity contribution in [2.24, 2.45) is 17.1 Å². The molecule has 1 rings (SSSR count). The maximum atomic E-state index is 12.3. The highest BCUT2D eigenvalue weighted by Gasteiger charge is 2.34. The zero-order chi connectivity index (χ0) is 16.8. The van der Waals surface area contributed by atoms with Crippen LogP contribution in [0.2, 0.25) is 0 Å². The fraction of sp³-hybridized carbons (Fsp3) is 0.556. The Bertz CT molecular complexity index is 494. The fourth-order valence-electron chi connectivity index (χ4n) is 1.98. The van der Waals surface area contributed by atoms with Crippen molar-refractivity contribution in [3.8, 4) is 0 Å². The molecule has 1 atom stereocenters. The normalized spacial score (nSPS) is 13.0. The van der Waals surface area contributed by atoms with Crippen molar-refractivity contribution in [1.82, 2.24) is 0 Å². The lowest BCUT2D eigenvalue weighted by Gasteiger charge is -2.30. The second-order valence-electron chi connectivity index (χ2n) is 6.53. The van der Waals surface area contributed by atoms with E-state index in [1.54, 1.807) is 0 Å². The third-order valence-corrected chi connectivity index (χ3v) is 4.32. The molecule has 0 aliphatic rings. The highest BCUT2D eigenvalue weighted by molar-refractivity contribution is 5.89. The first kappa shape index (κ1) is 18.4. The summed E-state index contributed by atoms with van der Waals surface area (Å²) >= 11 is 0. The van der Waals surface area contributed by atoms with Gasteiger partial charge in [0.05, 0.1) is 6.04 Å². The second-order valence-corrected chi connectivity index (χ2v) is 6.53. The number of rotatable bonds is 8. The van der Waals surface area contributed by atoms with E-state index in [1.807, 2.05) is 58.0 Å². The molecule has 0 aliphatic heterocycles. The Morgan fingerprint density at radius 3 is 2.32 bits per heavy atom. The topological polar surface area (TPSA) is 69.4 Å². The fourth-order valence-corrected chi connectivity index (χ4v) is 1.98. The maximum absolute atomic E-state index is 12.3. The number of carbonyl (C=O) groups excluding carboxylic acids is 2. The summed E-state index contributed by atoms with van der Waals surface area (Å²) < 4.78 is 5.19. The van der Waals surface area contributed by atoms with Crippen LogP contribution in [0.15, 0.2) is 30.3 Å². The van der Waals surface area contributed by atoms with E-state index in [4.69, 9.17) is 10.5 Å². The lowest BCUT2D eigenvalue weighted by molar-refractivity contribution is -0.145. The van der Waals surface area contributed by atoms with Crippen LogP contribution >= 0.6 is 0 Å². The van der Waals surface area contributed by atoms with Gasteiger partial charge < -0.3 is 10.5 Å².